The van der Waals surface area contributed by atoms with Crippen LogP contribution in [0.15, 0.2) is 58.7 Å². The first kappa shape index (κ1) is 23.7. The number of carbonyl (C=O) groups excluding carboxylic acids is 1. The molecule has 0 aromatic heterocycles. The van der Waals surface area contributed by atoms with E-state index < -0.39 is 11.9 Å². The molecule has 1 rings (SSSR count). The first-order valence-electron chi connectivity index (χ1n) is 9.89. The van der Waals surface area contributed by atoms with E-state index in [0.717, 1.165) is 5.57 Å². The van der Waals surface area contributed by atoms with Crippen LogP contribution in [0.5, 0.6) is 0 Å². The molecule has 154 valence electrons. The summed E-state index contributed by atoms with van der Waals surface area (Å²) in [5, 5.41) is 8.53. The second-order valence-corrected chi connectivity index (χ2v) is 8.06. The molecule has 0 saturated heterocycles. The molecule has 0 unspecified atom stereocenters. The lowest BCUT2D eigenvalue weighted by atomic mass is 9.72. The third-order valence-electron chi connectivity index (χ3n) is 4.97. The van der Waals surface area contributed by atoms with Crippen LogP contribution < -0.4 is 0 Å². The van der Waals surface area contributed by atoms with Crippen molar-refractivity contribution in [2.45, 2.75) is 66.7 Å². The molecule has 0 fully saturated rings. The Hall–Kier alpha value is -2.36. The minimum absolute atomic E-state index is 0.0982. The highest BCUT2D eigenvalue weighted by molar-refractivity contribution is 5.76. The Balaban J connectivity index is 2.54. The average Bonchev–Trinajstić information content (AvgIpc) is 2.59. The average molecular weight is 387 g/mol. The van der Waals surface area contributed by atoms with Crippen LogP contribution in [0.2, 0.25) is 0 Å². The summed E-state index contributed by atoms with van der Waals surface area (Å²) < 4.78 is 4.98. The van der Waals surface area contributed by atoms with E-state index in [4.69, 9.17) is 9.84 Å². The van der Waals surface area contributed by atoms with Gasteiger partial charge in [0.15, 0.2) is 0 Å². The third kappa shape index (κ3) is 9.03. The zero-order chi connectivity index (χ0) is 21.2. The predicted molar refractivity (Wildman–Crippen MR) is 114 cm³/mol. The van der Waals surface area contributed by atoms with Crippen molar-refractivity contribution in [1.29, 1.82) is 0 Å². The maximum atomic E-state index is 11.3. The number of carbonyl (C=O) groups is 2. The van der Waals surface area contributed by atoms with Crippen LogP contribution in [0.1, 0.15) is 66.7 Å². The van der Waals surface area contributed by atoms with Gasteiger partial charge in [0.2, 0.25) is 0 Å². The molecular weight excluding hydrogens is 352 g/mol. The van der Waals surface area contributed by atoms with E-state index in [-0.39, 0.29) is 24.9 Å². The van der Waals surface area contributed by atoms with Gasteiger partial charge in [-0.3, -0.25) is 9.59 Å². The van der Waals surface area contributed by atoms with Gasteiger partial charge in [0, 0.05) is 0 Å². The lowest BCUT2D eigenvalue weighted by molar-refractivity contribution is -0.146. The summed E-state index contributed by atoms with van der Waals surface area (Å²) in [6.45, 7) is 11.0. The van der Waals surface area contributed by atoms with Crippen molar-refractivity contribution >= 4 is 11.9 Å². The number of allylic oxidation sites excluding steroid dienone is 9. The summed E-state index contributed by atoms with van der Waals surface area (Å²) in [6, 6.07) is 0. The van der Waals surface area contributed by atoms with E-state index in [9.17, 15) is 9.59 Å². The molecule has 4 nitrogen and oxygen atoms in total. The van der Waals surface area contributed by atoms with Crippen LogP contribution in [0, 0.1) is 5.41 Å². The molecule has 0 bridgehead atoms. The molecule has 1 aliphatic rings. The summed E-state index contributed by atoms with van der Waals surface area (Å²) in [6.07, 6.45) is 15.6. The van der Waals surface area contributed by atoms with Crippen LogP contribution >= 0.6 is 0 Å². The van der Waals surface area contributed by atoms with Gasteiger partial charge in [0.1, 0.15) is 6.61 Å². The number of rotatable bonds is 9. The number of hydrogen-bond donors (Lipinski definition) is 1. The lowest BCUT2D eigenvalue weighted by Gasteiger charge is -2.32. The Morgan fingerprint density at radius 3 is 2.50 bits per heavy atom. The predicted octanol–water partition coefficient (Wildman–Crippen LogP) is 5.93. The molecule has 28 heavy (non-hydrogen) atoms. The fourth-order valence-electron chi connectivity index (χ4n) is 3.25. The summed E-state index contributed by atoms with van der Waals surface area (Å²) >= 11 is 0. The van der Waals surface area contributed by atoms with E-state index in [1.54, 1.807) is 6.08 Å². The molecule has 0 aromatic carbocycles. The SMILES string of the molecule is CC(C=CC1=C(C)CCCC1(C)C)=CC=CC(C)=CCOC(=O)CCC(=O)O. The molecular formula is C24H34O4. The summed E-state index contributed by atoms with van der Waals surface area (Å²) in [5.41, 5.74) is 5.34. The van der Waals surface area contributed by atoms with E-state index in [1.807, 2.05) is 19.1 Å². The molecule has 1 aliphatic carbocycles. The van der Waals surface area contributed by atoms with E-state index in [1.165, 1.54) is 36.0 Å². The zero-order valence-electron chi connectivity index (χ0n) is 17.9. The van der Waals surface area contributed by atoms with Gasteiger partial charge in [-0.05, 0) is 57.1 Å². The van der Waals surface area contributed by atoms with Crippen molar-refractivity contribution in [2.75, 3.05) is 6.61 Å². The number of carboxylic acid groups (broad SMARTS) is 1. The standard InChI is InChI=1S/C24H34O4/c1-18(11-12-21-20(3)10-7-16-24(21,4)5)8-6-9-19(2)15-17-28-23(27)14-13-22(25)26/h6,8-9,11-12,15H,7,10,13-14,16-17H2,1-5H3,(H,25,26). The van der Waals surface area contributed by atoms with Gasteiger partial charge in [-0.1, -0.05) is 60.9 Å². The fourth-order valence-corrected chi connectivity index (χ4v) is 3.25. The maximum Gasteiger partial charge on any atom is 0.306 e. The molecule has 0 aliphatic heterocycles. The molecule has 4 heteroatoms. The summed E-state index contributed by atoms with van der Waals surface area (Å²) in [4.78, 5) is 21.8. The molecule has 1 N–H and O–H groups in total. The molecule has 0 heterocycles. The first-order valence-corrected chi connectivity index (χ1v) is 9.89. The lowest BCUT2D eigenvalue weighted by Crippen LogP contribution is -2.19. The minimum atomic E-state index is -0.999. The quantitative estimate of drug-likeness (QED) is 0.394. The second kappa shape index (κ2) is 11.5. The number of ether oxygens (including phenoxy) is 1. The van der Waals surface area contributed by atoms with Crippen molar-refractivity contribution in [3.05, 3.63) is 58.7 Å². The Morgan fingerprint density at radius 2 is 1.86 bits per heavy atom. The second-order valence-electron chi connectivity index (χ2n) is 8.06. The molecule has 0 atom stereocenters. The van der Waals surface area contributed by atoms with Crippen molar-refractivity contribution in [1.82, 2.24) is 0 Å². The van der Waals surface area contributed by atoms with E-state index >= 15 is 0 Å². The smallest absolute Gasteiger partial charge is 0.306 e. The Bertz CT molecular complexity index is 715. The molecule has 0 amide bonds. The number of esters is 1. The van der Waals surface area contributed by atoms with Crippen LogP contribution in [0.4, 0.5) is 0 Å². The van der Waals surface area contributed by atoms with Crippen molar-refractivity contribution in [3.63, 3.8) is 0 Å². The number of hydrogen-bond acceptors (Lipinski definition) is 3. The molecule has 0 aromatic rings. The molecule has 0 saturated carbocycles. The van der Waals surface area contributed by atoms with Gasteiger partial charge in [0.05, 0.1) is 12.8 Å². The number of carboxylic acids is 1. The Labute approximate surface area is 169 Å². The van der Waals surface area contributed by atoms with Gasteiger partial charge >= 0.3 is 11.9 Å². The molecule has 0 spiro atoms. The highest BCUT2D eigenvalue weighted by Gasteiger charge is 2.26. The first-order chi connectivity index (χ1) is 13.1. The van der Waals surface area contributed by atoms with Gasteiger partial charge < -0.3 is 9.84 Å². The highest BCUT2D eigenvalue weighted by Crippen LogP contribution is 2.40. The van der Waals surface area contributed by atoms with E-state index in [2.05, 4.69) is 45.9 Å². The van der Waals surface area contributed by atoms with Gasteiger partial charge in [-0.25, -0.2) is 0 Å². The summed E-state index contributed by atoms with van der Waals surface area (Å²) in [5.74, 6) is -1.49. The third-order valence-corrected chi connectivity index (χ3v) is 4.97. The minimum Gasteiger partial charge on any atom is -0.481 e. The normalized spacial score (nSPS) is 18.2. The molecule has 0 radical (unpaired) electrons. The Kier molecular flexibility index (Phi) is 9.70. The highest BCUT2D eigenvalue weighted by atomic mass is 16.5. The van der Waals surface area contributed by atoms with Crippen LogP contribution in [0.3, 0.4) is 0 Å². The van der Waals surface area contributed by atoms with Gasteiger partial charge in [0.25, 0.3) is 0 Å². The van der Waals surface area contributed by atoms with Crippen molar-refractivity contribution in [3.8, 4) is 0 Å². The number of aliphatic carboxylic acids is 1. The van der Waals surface area contributed by atoms with Gasteiger partial charge in [-0.15, -0.1) is 0 Å². The van der Waals surface area contributed by atoms with Crippen molar-refractivity contribution < 1.29 is 19.4 Å². The topological polar surface area (TPSA) is 63.6 Å². The monoisotopic (exact) mass is 386 g/mol. The fraction of sp³-hybridized carbons (Fsp3) is 0.500. The van der Waals surface area contributed by atoms with Gasteiger partial charge in [-0.2, -0.15) is 0 Å². The van der Waals surface area contributed by atoms with Crippen molar-refractivity contribution in [2.24, 2.45) is 5.41 Å². The zero-order valence-corrected chi connectivity index (χ0v) is 17.9. The maximum absolute atomic E-state index is 11.3. The van der Waals surface area contributed by atoms with E-state index in [0.29, 0.717) is 0 Å². The largest absolute Gasteiger partial charge is 0.481 e. The van der Waals surface area contributed by atoms with Crippen LogP contribution in [-0.4, -0.2) is 23.7 Å². The summed E-state index contributed by atoms with van der Waals surface area (Å²) in [7, 11) is 0. The Morgan fingerprint density at radius 1 is 1.14 bits per heavy atom. The van der Waals surface area contributed by atoms with Crippen LogP contribution in [-0.2, 0) is 14.3 Å². The van der Waals surface area contributed by atoms with Crippen LogP contribution in [0.25, 0.3) is 0 Å².